The van der Waals surface area contributed by atoms with Crippen molar-refractivity contribution in [3.8, 4) is 16.9 Å². The van der Waals surface area contributed by atoms with Crippen LogP contribution in [-0.4, -0.2) is 42.5 Å². The Bertz CT molecular complexity index is 1030. The predicted molar refractivity (Wildman–Crippen MR) is 124 cm³/mol. The van der Waals surface area contributed by atoms with Crippen LogP contribution in [0.15, 0.2) is 24.3 Å². The summed E-state index contributed by atoms with van der Waals surface area (Å²) in [6.45, 7) is 7.13. The molecule has 2 N–H and O–H groups in total. The summed E-state index contributed by atoms with van der Waals surface area (Å²) in [7, 11) is 0. The molecule has 1 aliphatic carbocycles. The molecule has 0 radical (unpaired) electrons. The van der Waals surface area contributed by atoms with Gasteiger partial charge in [0.25, 0.3) is 0 Å². The average molecular weight is 458 g/mol. The first kappa shape index (κ1) is 23.5. The molecule has 2 aliphatic rings. The third-order valence-electron chi connectivity index (χ3n) is 6.55. The molecule has 1 aliphatic heterocycles. The molecule has 1 saturated heterocycles. The molecule has 0 aromatic heterocycles. The van der Waals surface area contributed by atoms with Crippen LogP contribution in [0.2, 0.25) is 0 Å². The van der Waals surface area contributed by atoms with Crippen LogP contribution >= 0.6 is 0 Å². The van der Waals surface area contributed by atoms with Crippen molar-refractivity contribution in [3.63, 3.8) is 0 Å². The lowest BCUT2D eigenvalue weighted by atomic mass is 9.89. The highest BCUT2D eigenvalue weighted by molar-refractivity contribution is 5.83. The van der Waals surface area contributed by atoms with Crippen molar-refractivity contribution in [1.29, 1.82) is 0 Å². The number of carboxylic acid groups (broad SMARTS) is 1. The van der Waals surface area contributed by atoms with Crippen molar-refractivity contribution in [1.82, 2.24) is 0 Å². The van der Waals surface area contributed by atoms with Gasteiger partial charge in [-0.05, 0) is 74.1 Å². The monoisotopic (exact) mass is 457 g/mol. The Kier molecular flexibility index (Phi) is 6.91. The number of hydrogen-bond acceptors (Lipinski definition) is 5. The molecule has 6 nitrogen and oxygen atoms in total. The molecule has 2 aromatic rings. The van der Waals surface area contributed by atoms with Crippen LogP contribution in [0.5, 0.6) is 5.75 Å². The molecule has 2 aromatic carbocycles. The van der Waals surface area contributed by atoms with E-state index in [1.165, 1.54) is 0 Å². The van der Waals surface area contributed by atoms with Gasteiger partial charge >= 0.3 is 5.97 Å². The van der Waals surface area contributed by atoms with Crippen LogP contribution in [0.4, 0.5) is 10.1 Å². The molecular formula is C26H32FNO5. The largest absolute Gasteiger partial charge is 0.490 e. The van der Waals surface area contributed by atoms with E-state index in [9.17, 15) is 9.90 Å². The number of nitrogens with one attached hydrogen (secondary N) is 1. The van der Waals surface area contributed by atoms with Gasteiger partial charge in [0.15, 0.2) is 11.6 Å². The fourth-order valence-corrected chi connectivity index (χ4v) is 4.25. The van der Waals surface area contributed by atoms with Gasteiger partial charge in [0.1, 0.15) is 5.54 Å². The lowest BCUT2D eigenvalue weighted by Crippen LogP contribution is -2.50. The van der Waals surface area contributed by atoms with E-state index in [4.69, 9.17) is 14.2 Å². The molecule has 0 spiro atoms. The molecule has 1 heterocycles. The predicted octanol–water partition coefficient (Wildman–Crippen LogP) is 5.23. The van der Waals surface area contributed by atoms with Gasteiger partial charge in [0.05, 0.1) is 19.3 Å². The maximum absolute atomic E-state index is 15.5. The highest BCUT2D eigenvalue weighted by Crippen LogP contribution is 2.38. The zero-order valence-electron chi connectivity index (χ0n) is 19.5. The van der Waals surface area contributed by atoms with Crippen molar-refractivity contribution in [2.24, 2.45) is 0 Å². The molecule has 33 heavy (non-hydrogen) atoms. The topological polar surface area (TPSA) is 77.0 Å². The van der Waals surface area contributed by atoms with Crippen LogP contribution in [0.3, 0.4) is 0 Å². The minimum atomic E-state index is -1.08. The fraction of sp³-hybridized carbons (Fsp3) is 0.500. The Labute approximate surface area is 194 Å². The van der Waals surface area contributed by atoms with Gasteiger partial charge in [-0.1, -0.05) is 6.07 Å². The first-order valence-corrected chi connectivity index (χ1v) is 11.6. The number of ether oxygens (including phenoxy) is 3. The summed E-state index contributed by atoms with van der Waals surface area (Å²) in [6, 6.07) is 7.37. The van der Waals surface area contributed by atoms with E-state index in [-0.39, 0.29) is 17.7 Å². The highest BCUT2D eigenvalue weighted by Gasteiger charge is 2.40. The van der Waals surface area contributed by atoms with E-state index in [1.807, 2.05) is 45.0 Å². The molecule has 178 valence electrons. The van der Waals surface area contributed by atoms with Gasteiger partial charge in [-0.3, -0.25) is 0 Å². The van der Waals surface area contributed by atoms with E-state index in [2.05, 4.69) is 5.32 Å². The fourth-order valence-electron chi connectivity index (χ4n) is 4.25. The molecule has 0 unspecified atom stereocenters. The summed E-state index contributed by atoms with van der Waals surface area (Å²) in [5.74, 6) is -1.01. The van der Waals surface area contributed by atoms with Crippen LogP contribution in [0.1, 0.15) is 49.3 Å². The second-order valence-corrected chi connectivity index (χ2v) is 8.95. The van der Waals surface area contributed by atoms with E-state index in [0.29, 0.717) is 50.5 Å². The Hall–Kier alpha value is -2.64. The van der Waals surface area contributed by atoms with Crippen molar-refractivity contribution in [2.75, 3.05) is 25.1 Å². The van der Waals surface area contributed by atoms with Crippen LogP contribution in [0, 0.1) is 19.7 Å². The highest BCUT2D eigenvalue weighted by atomic mass is 19.1. The molecule has 1 saturated carbocycles. The van der Waals surface area contributed by atoms with Crippen molar-refractivity contribution in [2.45, 2.75) is 64.7 Å². The van der Waals surface area contributed by atoms with Gasteiger partial charge in [0, 0.05) is 37.3 Å². The van der Waals surface area contributed by atoms with Crippen LogP contribution < -0.4 is 10.1 Å². The number of halogens is 1. The summed E-state index contributed by atoms with van der Waals surface area (Å²) in [5, 5.41) is 13.1. The number of carboxylic acids is 1. The van der Waals surface area contributed by atoms with Crippen LogP contribution in [-0.2, 0) is 20.9 Å². The molecule has 7 heteroatoms. The quantitative estimate of drug-likeness (QED) is 0.537. The molecule has 0 atom stereocenters. The first-order chi connectivity index (χ1) is 15.8. The average Bonchev–Trinajstić information content (AvgIpc) is 3.63. The SMILES string of the molecule is CCOc1c(C)c(C)cc(-c2ccc(NC3(C(=O)O)CCOCC3)cc2COC2CC2)c1F. The number of benzene rings is 2. The zero-order chi connectivity index (χ0) is 23.6. The Morgan fingerprint density at radius 3 is 2.58 bits per heavy atom. The number of aliphatic carboxylic acids is 1. The number of aryl methyl sites for hydroxylation is 1. The van der Waals surface area contributed by atoms with Gasteiger partial charge < -0.3 is 24.6 Å². The lowest BCUT2D eigenvalue weighted by molar-refractivity contribution is -0.145. The van der Waals surface area contributed by atoms with E-state index < -0.39 is 11.5 Å². The number of rotatable bonds is 9. The lowest BCUT2D eigenvalue weighted by Gasteiger charge is -2.35. The second kappa shape index (κ2) is 9.69. The third-order valence-corrected chi connectivity index (χ3v) is 6.55. The minimum absolute atomic E-state index is 0.235. The Balaban J connectivity index is 1.74. The van der Waals surface area contributed by atoms with E-state index in [0.717, 1.165) is 35.1 Å². The molecule has 0 amide bonds. The summed E-state index contributed by atoms with van der Waals surface area (Å²) in [5.41, 5.74) is 3.31. The standard InChI is InChI=1S/C26H32FNO5/c1-4-32-24-17(3)16(2)13-22(23(24)27)21-8-5-19(14-18(21)15-33-20-6-7-20)28-26(25(29)30)9-11-31-12-10-26/h5,8,13-14,20,28H,4,6-7,9-12,15H2,1-3H3,(H,29,30). The third kappa shape index (κ3) is 4.99. The number of carbonyl (C=O) groups is 1. The molecule has 0 bridgehead atoms. The Morgan fingerprint density at radius 2 is 1.94 bits per heavy atom. The number of anilines is 1. The zero-order valence-corrected chi connectivity index (χ0v) is 19.5. The minimum Gasteiger partial charge on any atom is -0.490 e. The smallest absolute Gasteiger partial charge is 0.329 e. The second-order valence-electron chi connectivity index (χ2n) is 8.95. The number of hydrogen-bond donors (Lipinski definition) is 2. The van der Waals surface area contributed by atoms with E-state index in [1.54, 1.807) is 0 Å². The maximum Gasteiger partial charge on any atom is 0.329 e. The first-order valence-electron chi connectivity index (χ1n) is 11.6. The normalized spacial score (nSPS) is 17.6. The summed E-state index contributed by atoms with van der Waals surface area (Å²) in [6.07, 6.45) is 3.05. The Morgan fingerprint density at radius 1 is 1.21 bits per heavy atom. The maximum atomic E-state index is 15.5. The van der Waals surface area contributed by atoms with Gasteiger partial charge in [-0.2, -0.15) is 0 Å². The molecular weight excluding hydrogens is 425 g/mol. The molecule has 2 fully saturated rings. The van der Waals surface area contributed by atoms with Crippen molar-refractivity contribution in [3.05, 3.63) is 46.8 Å². The van der Waals surface area contributed by atoms with Crippen molar-refractivity contribution < 1.29 is 28.5 Å². The summed E-state index contributed by atoms with van der Waals surface area (Å²) in [4.78, 5) is 12.1. The van der Waals surface area contributed by atoms with Gasteiger partial charge in [0.2, 0.25) is 0 Å². The van der Waals surface area contributed by atoms with Gasteiger partial charge in [-0.25, -0.2) is 9.18 Å². The van der Waals surface area contributed by atoms with Crippen LogP contribution in [0.25, 0.3) is 11.1 Å². The van der Waals surface area contributed by atoms with Gasteiger partial charge in [-0.15, -0.1) is 0 Å². The molecule has 4 rings (SSSR count). The van der Waals surface area contributed by atoms with E-state index >= 15 is 4.39 Å². The van der Waals surface area contributed by atoms with Crippen molar-refractivity contribution >= 4 is 11.7 Å². The summed E-state index contributed by atoms with van der Waals surface area (Å²) >= 11 is 0. The summed E-state index contributed by atoms with van der Waals surface area (Å²) < 4.78 is 32.5.